The van der Waals surface area contributed by atoms with Crippen LogP contribution in [0, 0.1) is 12.7 Å². The van der Waals surface area contributed by atoms with Gasteiger partial charge in [-0.25, -0.2) is 19.3 Å². The number of halogens is 1. The van der Waals surface area contributed by atoms with Crippen molar-refractivity contribution in [2.24, 2.45) is 0 Å². The Kier molecular flexibility index (Phi) is 5.38. The maximum atomic E-state index is 13.0. The average Bonchev–Trinajstić information content (AvgIpc) is 2.74. The van der Waals surface area contributed by atoms with Crippen LogP contribution >= 0.6 is 0 Å². The first-order valence-electron chi connectivity index (χ1n) is 9.04. The molecule has 0 bridgehead atoms. The summed E-state index contributed by atoms with van der Waals surface area (Å²) in [5, 5.41) is 3.31. The topological polar surface area (TPSA) is 72.8 Å². The summed E-state index contributed by atoms with van der Waals surface area (Å²) >= 11 is 0. The fourth-order valence-corrected chi connectivity index (χ4v) is 2.72. The van der Waals surface area contributed by atoms with Crippen molar-refractivity contribution in [1.29, 1.82) is 0 Å². The predicted octanol–water partition coefficient (Wildman–Crippen LogP) is 4.79. The lowest BCUT2D eigenvalue weighted by atomic mass is 10.2. The summed E-state index contributed by atoms with van der Waals surface area (Å²) in [7, 11) is 0. The molecule has 7 heteroatoms. The molecule has 4 aromatic rings. The van der Waals surface area contributed by atoms with Crippen LogP contribution in [-0.2, 0) is 6.54 Å². The van der Waals surface area contributed by atoms with E-state index in [0.29, 0.717) is 24.0 Å². The normalized spacial score (nSPS) is 10.6. The standard InChI is InChI=1S/C22H18FN5O/c1-15-12-20(28-22(27-15)17-7-9-24-10-8-17)26-14-16-6-11-25-21(13-16)29-19-4-2-18(23)3-5-19/h2-13H,14H2,1H3,(H,26,27,28). The smallest absolute Gasteiger partial charge is 0.219 e. The minimum Gasteiger partial charge on any atom is -0.439 e. The molecule has 0 saturated heterocycles. The first-order valence-corrected chi connectivity index (χ1v) is 9.04. The summed E-state index contributed by atoms with van der Waals surface area (Å²) in [6.45, 7) is 2.47. The van der Waals surface area contributed by atoms with Crippen molar-refractivity contribution in [1.82, 2.24) is 19.9 Å². The summed E-state index contributed by atoms with van der Waals surface area (Å²) in [6, 6.07) is 15.2. The van der Waals surface area contributed by atoms with E-state index in [1.807, 2.05) is 37.3 Å². The van der Waals surface area contributed by atoms with Gasteiger partial charge in [0.1, 0.15) is 17.4 Å². The van der Waals surface area contributed by atoms with Crippen molar-refractivity contribution in [2.45, 2.75) is 13.5 Å². The molecule has 0 aliphatic rings. The first kappa shape index (κ1) is 18.5. The van der Waals surface area contributed by atoms with E-state index in [2.05, 4.69) is 25.3 Å². The number of hydrogen-bond acceptors (Lipinski definition) is 6. The van der Waals surface area contributed by atoms with Gasteiger partial charge in [-0.1, -0.05) is 0 Å². The molecule has 0 unspecified atom stereocenters. The lowest BCUT2D eigenvalue weighted by Gasteiger charge is -2.10. The Hall–Kier alpha value is -3.87. The molecular formula is C22H18FN5O. The minimum atomic E-state index is -0.311. The molecule has 3 aromatic heterocycles. The lowest BCUT2D eigenvalue weighted by molar-refractivity contribution is 0.460. The highest BCUT2D eigenvalue weighted by molar-refractivity contribution is 5.56. The van der Waals surface area contributed by atoms with Crippen LogP contribution in [0.1, 0.15) is 11.3 Å². The Labute approximate surface area is 167 Å². The third-order valence-corrected chi connectivity index (χ3v) is 4.10. The van der Waals surface area contributed by atoms with E-state index in [4.69, 9.17) is 4.74 Å². The van der Waals surface area contributed by atoms with E-state index in [1.54, 1.807) is 30.7 Å². The quantitative estimate of drug-likeness (QED) is 0.513. The zero-order valence-electron chi connectivity index (χ0n) is 15.7. The van der Waals surface area contributed by atoms with Gasteiger partial charge in [-0.2, -0.15) is 0 Å². The molecule has 1 N–H and O–H groups in total. The number of aryl methyl sites for hydroxylation is 1. The highest BCUT2D eigenvalue weighted by Crippen LogP contribution is 2.21. The highest BCUT2D eigenvalue weighted by Gasteiger charge is 2.06. The minimum absolute atomic E-state index is 0.311. The molecule has 0 radical (unpaired) electrons. The van der Waals surface area contributed by atoms with Gasteiger partial charge < -0.3 is 10.1 Å². The van der Waals surface area contributed by atoms with Crippen LogP contribution in [0.4, 0.5) is 10.2 Å². The summed E-state index contributed by atoms with van der Waals surface area (Å²) in [5.74, 6) is 2.02. The van der Waals surface area contributed by atoms with Crippen LogP contribution in [0.3, 0.4) is 0 Å². The monoisotopic (exact) mass is 387 g/mol. The molecule has 144 valence electrons. The number of nitrogens with one attached hydrogen (secondary N) is 1. The molecule has 0 aliphatic heterocycles. The molecule has 0 amide bonds. The molecule has 29 heavy (non-hydrogen) atoms. The second-order valence-corrected chi connectivity index (χ2v) is 6.37. The fraction of sp³-hybridized carbons (Fsp3) is 0.0909. The van der Waals surface area contributed by atoms with E-state index in [-0.39, 0.29) is 5.82 Å². The van der Waals surface area contributed by atoms with Crippen LogP contribution in [0.2, 0.25) is 0 Å². The molecule has 3 heterocycles. The number of anilines is 1. The van der Waals surface area contributed by atoms with Gasteiger partial charge in [0.2, 0.25) is 5.88 Å². The van der Waals surface area contributed by atoms with E-state index in [1.165, 1.54) is 12.1 Å². The number of benzene rings is 1. The van der Waals surface area contributed by atoms with Crippen LogP contribution < -0.4 is 10.1 Å². The van der Waals surface area contributed by atoms with Gasteiger partial charge in [0, 0.05) is 48.5 Å². The Morgan fingerprint density at radius 1 is 0.931 bits per heavy atom. The largest absolute Gasteiger partial charge is 0.439 e. The summed E-state index contributed by atoms with van der Waals surface area (Å²) < 4.78 is 18.7. The van der Waals surface area contributed by atoms with Crippen LogP contribution in [0.25, 0.3) is 11.4 Å². The van der Waals surface area contributed by atoms with Crippen molar-refractivity contribution < 1.29 is 9.13 Å². The second kappa shape index (κ2) is 8.43. The summed E-state index contributed by atoms with van der Waals surface area (Å²) in [4.78, 5) is 17.3. The fourth-order valence-electron chi connectivity index (χ4n) is 2.72. The van der Waals surface area contributed by atoms with Crippen LogP contribution in [-0.4, -0.2) is 19.9 Å². The van der Waals surface area contributed by atoms with E-state index in [9.17, 15) is 4.39 Å². The zero-order chi connectivity index (χ0) is 20.1. The van der Waals surface area contributed by atoms with Crippen molar-refractivity contribution in [3.8, 4) is 23.0 Å². The average molecular weight is 387 g/mol. The van der Waals surface area contributed by atoms with Gasteiger partial charge in [-0.15, -0.1) is 0 Å². The van der Waals surface area contributed by atoms with Crippen molar-refractivity contribution in [3.05, 3.63) is 90.3 Å². The SMILES string of the molecule is Cc1cc(NCc2ccnc(Oc3ccc(F)cc3)c2)nc(-c2ccncc2)n1. The molecule has 0 saturated carbocycles. The molecule has 4 rings (SSSR count). The first-order chi connectivity index (χ1) is 14.2. The Balaban J connectivity index is 1.46. The van der Waals surface area contributed by atoms with Crippen molar-refractivity contribution in [2.75, 3.05) is 5.32 Å². The van der Waals surface area contributed by atoms with Gasteiger partial charge >= 0.3 is 0 Å². The van der Waals surface area contributed by atoms with Crippen molar-refractivity contribution >= 4 is 5.82 Å². The Bertz CT molecular complexity index is 1100. The number of pyridine rings is 2. The van der Waals surface area contributed by atoms with E-state index >= 15 is 0 Å². The van der Waals surface area contributed by atoms with Crippen LogP contribution in [0.15, 0.2) is 73.2 Å². The summed E-state index contributed by atoms with van der Waals surface area (Å²) in [5.41, 5.74) is 2.74. The summed E-state index contributed by atoms with van der Waals surface area (Å²) in [6.07, 6.45) is 5.10. The Morgan fingerprint density at radius 3 is 2.52 bits per heavy atom. The molecular weight excluding hydrogens is 369 g/mol. The molecule has 1 aromatic carbocycles. The second-order valence-electron chi connectivity index (χ2n) is 6.37. The van der Waals surface area contributed by atoms with Gasteiger partial charge in [-0.3, -0.25) is 4.98 Å². The molecule has 6 nitrogen and oxygen atoms in total. The number of rotatable bonds is 6. The lowest BCUT2D eigenvalue weighted by Crippen LogP contribution is -2.04. The zero-order valence-corrected chi connectivity index (χ0v) is 15.7. The van der Waals surface area contributed by atoms with Gasteiger partial charge in [0.25, 0.3) is 0 Å². The maximum absolute atomic E-state index is 13.0. The van der Waals surface area contributed by atoms with E-state index in [0.717, 1.165) is 22.6 Å². The molecule has 0 aliphatic carbocycles. The third-order valence-electron chi connectivity index (χ3n) is 4.10. The van der Waals surface area contributed by atoms with Crippen molar-refractivity contribution in [3.63, 3.8) is 0 Å². The Morgan fingerprint density at radius 2 is 1.72 bits per heavy atom. The number of ether oxygens (including phenoxy) is 1. The molecule has 0 fully saturated rings. The van der Waals surface area contributed by atoms with Crippen LogP contribution in [0.5, 0.6) is 11.6 Å². The number of aromatic nitrogens is 4. The van der Waals surface area contributed by atoms with Gasteiger partial charge in [0.05, 0.1) is 0 Å². The number of nitrogens with zero attached hydrogens (tertiary/aromatic N) is 4. The third kappa shape index (κ3) is 4.90. The van der Waals surface area contributed by atoms with E-state index < -0.39 is 0 Å². The van der Waals surface area contributed by atoms with Gasteiger partial charge in [0.15, 0.2) is 5.82 Å². The van der Waals surface area contributed by atoms with Gasteiger partial charge in [-0.05, 0) is 55.0 Å². The highest BCUT2D eigenvalue weighted by atomic mass is 19.1. The predicted molar refractivity (Wildman–Crippen MR) is 108 cm³/mol. The molecule has 0 atom stereocenters. The number of hydrogen-bond donors (Lipinski definition) is 1. The molecule has 0 spiro atoms. The maximum Gasteiger partial charge on any atom is 0.219 e.